The highest BCUT2D eigenvalue weighted by molar-refractivity contribution is 9.10. The normalized spacial score (nSPS) is 14.9. The van der Waals surface area contributed by atoms with E-state index in [9.17, 15) is 13.6 Å². The Bertz CT molecular complexity index is 572. The molecular weight excluding hydrogens is 350 g/mol. The zero-order valence-electron chi connectivity index (χ0n) is 11.6. The summed E-state index contributed by atoms with van der Waals surface area (Å²) in [7, 11) is 0. The van der Waals surface area contributed by atoms with Gasteiger partial charge in [0.25, 0.3) is 5.92 Å². The van der Waals surface area contributed by atoms with Crippen LogP contribution in [0.1, 0.15) is 25.8 Å². The van der Waals surface area contributed by atoms with E-state index >= 15 is 0 Å². The average Bonchev–Trinajstić information content (AvgIpc) is 2.36. The molecule has 0 aliphatic carbocycles. The predicted octanol–water partition coefficient (Wildman–Crippen LogP) is 3.81. The number of carboxylic acid groups (broad SMARTS) is 1. The first-order valence-electron chi connectivity index (χ1n) is 6.34. The van der Waals surface area contributed by atoms with Gasteiger partial charge in [-0.15, -0.1) is 0 Å². The minimum Gasteiger partial charge on any atom is -0.486 e. The first-order chi connectivity index (χ1) is 9.63. The second-order valence-corrected chi connectivity index (χ2v) is 6.40. The van der Waals surface area contributed by atoms with Crippen molar-refractivity contribution >= 4 is 21.9 Å². The molecular formula is C14H15BrF2O4. The van der Waals surface area contributed by atoms with Crippen LogP contribution in [0.3, 0.4) is 0 Å². The van der Waals surface area contributed by atoms with Crippen LogP contribution in [0.15, 0.2) is 16.6 Å². The molecule has 1 aromatic rings. The van der Waals surface area contributed by atoms with Crippen LogP contribution in [0.25, 0.3) is 0 Å². The number of carbonyl (C=O) groups is 1. The van der Waals surface area contributed by atoms with Crippen molar-refractivity contribution in [3.63, 3.8) is 0 Å². The number of fused-ring (bicyclic) bond motifs is 1. The summed E-state index contributed by atoms with van der Waals surface area (Å²) in [4.78, 5) is 11.1. The molecule has 1 aliphatic heterocycles. The topological polar surface area (TPSA) is 55.8 Å². The van der Waals surface area contributed by atoms with Crippen LogP contribution in [-0.4, -0.2) is 24.3 Å². The lowest BCUT2D eigenvalue weighted by atomic mass is 9.84. The lowest BCUT2D eigenvalue weighted by Crippen LogP contribution is -2.31. The highest BCUT2D eigenvalue weighted by Crippen LogP contribution is 2.46. The summed E-state index contributed by atoms with van der Waals surface area (Å²) in [5.74, 6) is -3.94. The van der Waals surface area contributed by atoms with E-state index in [4.69, 9.17) is 14.6 Å². The number of aliphatic carboxylic acids is 1. The van der Waals surface area contributed by atoms with Gasteiger partial charge in [0.15, 0.2) is 11.5 Å². The fourth-order valence-corrected chi connectivity index (χ4v) is 2.68. The number of ether oxygens (including phenoxy) is 2. The van der Waals surface area contributed by atoms with Gasteiger partial charge >= 0.3 is 5.97 Å². The van der Waals surface area contributed by atoms with Crippen molar-refractivity contribution in [2.75, 3.05) is 13.2 Å². The van der Waals surface area contributed by atoms with Crippen LogP contribution >= 0.6 is 15.9 Å². The lowest BCUT2D eigenvalue weighted by Gasteiger charge is -2.28. The second kappa shape index (κ2) is 5.44. The van der Waals surface area contributed by atoms with Crippen LogP contribution in [0.5, 0.6) is 11.5 Å². The third-order valence-corrected chi connectivity index (χ3v) is 3.92. The Kier molecular flexibility index (Phi) is 4.15. The Morgan fingerprint density at radius 3 is 2.33 bits per heavy atom. The van der Waals surface area contributed by atoms with E-state index in [1.54, 1.807) is 0 Å². The van der Waals surface area contributed by atoms with Gasteiger partial charge < -0.3 is 14.6 Å². The number of benzene rings is 1. The number of hydrogen-bond acceptors (Lipinski definition) is 3. The molecule has 7 heteroatoms. The van der Waals surface area contributed by atoms with Crippen LogP contribution in [0.4, 0.5) is 8.78 Å². The van der Waals surface area contributed by atoms with Crippen molar-refractivity contribution in [2.45, 2.75) is 26.2 Å². The molecule has 1 aromatic carbocycles. The molecule has 0 spiro atoms. The summed E-state index contributed by atoms with van der Waals surface area (Å²) >= 11 is 3.09. The number of alkyl halides is 2. The van der Waals surface area contributed by atoms with Crippen molar-refractivity contribution in [1.82, 2.24) is 0 Å². The van der Waals surface area contributed by atoms with Gasteiger partial charge in [0.2, 0.25) is 0 Å². The maximum absolute atomic E-state index is 14.5. The quantitative estimate of drug-likeness (QED) is 0.882. The molecule has 0 unspecified atom stereocenters. The largest absolute Gasteiger partial charge is 0.486 e. The number of rotatable bonds is 4. The highest BCUT2D eigenvalue weighted by atomic mass is 79.9. The van der Waals surface area contributed by atoms with E-state index in [2.05, 4.69) is 15.9 Å². The van der Waals surface area contributed by atoms with Gasteiger partial charge in [0, 0.05) is 16.5 Å². The summed E-state index contributed by atoms with van der Waals surface area (Å²) in [5.41, 5.74) is -1.85. The summed E-state index contributed by atoms with van der Waals surface area (Å²) < 4.78 is 39.7. The highest BCUT2D eigenvalue weighted by Gasteiger charge is 2.44. The molecule has 0 aromatic heterocycles. The zero-order valence-corrected chi connectivity index (χ0v) is 13.2. The van der Waals surface area contributed by atoms with Crippen molar-refractivity contribution in [2.24, 2.45) is 5.41 Å². The molecule has 116 valence electrons. The van der Waals surface area contributed by atoms with Crippen LogP contribution < -0.4 is 9.47 Å². The van der Waals surface area contributed by atoms with Gasteiger partial charge in [-0.1, -0.05) is 15.9 Å². The van der Waals surface area contributed by atoms with Gasteiger partial charge in [-0.2, -0.15) is 0 Å². The molecule has 0 radical (unpaired) electrons. The fraction of sp³-hybridized carbons (Fsp3) is 0.500. The van der Waals surface area contributed by atoms with Gasteiger partial charge in [0.1, 0.15) is 13.2 Å². The molecule has 4 nitrogen and oxygen atoms in total. The molecule has 0 saturated heterocycles. The minimum absolute atomic E-state index is 0.165. The van der Waals surface area contributed by atoms with E-state index in [0.717, 1.165) is 0 Å². The molecule has 0 amide bonds. The fourth-order valence-electron chi connectivity index (χ4n) is 2.07. The Morgan fingerprint density at radius 1 is 1.29 bits per heavy atom. The summed E-state index contributed by atoms with van der Waals surface area (Å²) in [5, 5.41) is 9.02. The molecule has 1 heterocycles. The summed E-state index contributed by atoms with van der Waals surface area (Å²) in [6, 6.07) is 2.63. The van der Waals surface area contributed by atoms with Crippen molar-refractivity contribution in [3.8, 4) is 11.5 Å². The molecule has 0 fully saturated rings. The molecule has 21 heavy (non-hydrogen) atoms. The number of halogens is 3. The average molecular weight is 365 g/mol. The van der Waals surface area contributed by atoms with Gasteiger partial charge in [-0.25, -0.2) is 8.78 Å². The molecule has 0 atom stereocenters. The SMILES string of the molecule is CC(C)(CC(F)(F)c1cc2c(cc1Br)OCCO2)C(=O)O. The third-order valence-electron chi connectivity index (χ3n) is 3.27. The van der Waals surface area contributed by atoms with E-state index in [-0.39, 0.29) is 15.8 Å². The van der Waals surface area contributed by atoms with E-state index in [1.165, 1.54) is 26.0 Å². The Morgan fingerprint density at radius 2 is 1.81 bits per heavy atom. The summed E-state index contributed by atoms with van der Waals surface area (Å²) in [6.45, 7) is 3.20. The van der Waals surface area contributed by atoms with Crippen molar-refractivity contribution in [1.29, 1.82) is 0 Å². The lowest BCUT2D eigenvalue weighted by molar-refractivity contribution is -0.153. The Hall–Kier alpha value is -1.37. The number of hydrogen-bond donors (Lipinski definition) is 1. The monoisotopic (exact) mass is 364 g/mol. The van der Waals surface area contributed by atoms with E-state index < -0.39 is 23.7 Å². The third kappa shape index (κ3) is 3.28. The maximum Gasteiger partial charge on any atom is 0.309 e. The summed E-state index contributed by atoms with van der Waals surface area (Å²) in [6.07, 6.45) is -0.812. The molecule has 0 saturated carbocycles. The van der Waals surface area contributed by atoms with Gasteiger partial charge in [-0.05, 0) is 26.0 Å². The van der Waals surface area contributed by atoms with Crippen molar-refractivity contribution in [3.05, 3.63) is 22.2 Å². The van der Waals surface area contributed by atoms with Crippen LogP contribution in [0.2, 0.25) is 0 Å². The Labute approximate surface area is 129 Å². The maximum atomic E-state index is 14.5. The molecule has 2 rings (SSSR count). The minimum atomic E-state index is -3.31. The van der Waals surface area contributed by atoms with Gasteiger partial charge in [-0.3, -0.25) is 4.79 Å². The molecule has 1 N–H and O–H groups in total. The molecule has 0 bridgehead atoms. The molecule has 1 aliphatic rings. The smallest absolute Gasteiger partial charge is 0.309 e. The first kappa shape index (κ1) is 16.0. The second-order valence-electron chi connectivity index (χ2n) is 5.55. The standard InChI is InChI=1S/C14H15BrF2O4/c1-13(2,12(18)19)7-14(16,17)8-5-10-11(6-9(8)15)21-4-3-20-10/h5-6H,3-4,7H2,1-2H3,(H,18,19). The van der Waals surface area contributed by atoms with Crippen LogP contribution in [0, 0.1) is 5.41 Å². The van der Waals surface area contributed by atoms with Crippen molar-refractivity contribution < 1.29 is 28.2 Å². The van der Waals surface area contributed by atoms with E-state index in [0.29, 0.717) is 19.0 Å². The predicted molar refractivity (Wildman–Crippen MR) is 75.1 cm³/mol. The van der Waals surface area contributed by atoms with E-state index in [1.807, 2.05) is 0 Å². The first-order valence-corrected chi connectivity index (χ1v) is 7.14. The Balaban J connectivity index is 2.38. The number of carboxylic acids is 1. The van der Waals surface area contributed by atoms with Crippen LogP contribution in [-0.2, 0) is 10.7 Å². The van der Waals surface area contributed by atoms with Gasteiger partial charge in [0.05, 0.1) is 5.41 Å². The zero-order chi connectivity index (χ0) is 15.8.